The minimum absolute atomic E-state index is 0.00257. The van der Waals surface area contributed by atoms with Crippen molar-refractivity contribution < 1.29 is 34.2 Å². The highest BCUT2D eigenvalue weighted by atomic mass is 16.4. The van der Waals surface area contributed by atoms with Gasteiger partial charge in [-0.2, -0.15) is 0 Å². The molecule has 0 radical (unpaired) electrons. The van der Waals surface area contributed by atoms with Gasteiger partial charge >= 0.3 is 5.97 Å². The number of aliphatic carboxylic acids is 1. The SMILES string of the molecule is CCC(C)C(NC(=O)C(N)C(C)C)C(=O)NC(Cc1ccc(O)cc1)C(=O)NC(CC(N)=O)C(=O)O. The molecule has 0 aliphatic rings. The number of carboxylic acid groups (broad SMARTS) is 1. The van der Waals surface area contributed by atoms with E-state index in [9.17, 15) is 34.2 Å². The predicted octanol–water partition coefficient (Wildman–Crippen LogP) is -0.621. The number of hydrogen-bond acceptors (Lipinski definition) is 7. The van der Waals surface area contributed by atoms with Gasteiger partial charge in [0.2, 0.25) is 23.6 Å². The molecule has 0 spiro atoms. The van der Waals surface area contributed by atoms with E-state index >= 15 is 0 Å². The zero-order valence-corrected chi connectivity index (χ0v) is 21.0. The summed E-state index contributed by atoms with van der Waals surface area (Å²) in [7, 11) is 0. The monoisotopic (exact) mass is 507 g/mol. The lowest BCUT2D eigenvalue weighted by molar-refractivity contribution is -0.143. The molecule has 9 N–H and O–H groups in total. The number of benzene rings is 1. The first kappa shape index (κ1) is 30.4. The van der Waals surface area contributed by atoms with Gasteiger partial charge in [0.25, 0.3) is 0 Å². The van der Waals surface area contributed by atoms with Crippen molar-refractivity contribution in [2.45, 2.75) is 71.1 Å². The van der Waals surface area contributed by atoms with Crippen LogP contribution in [0.5, 0.6) is 5.75 Å². The lowest BCUT2D eigenvalue weighted by Gasteiger charge is -2.28. The molecule has 1 aromatic rings. The number of carboxylic acids is 1. The topological polar surface area (TPSA) is 214 Å². The highest BCUT2D eigenvalue weighted by Gasteiger charge is 2.33. The van der Waals surface area contributed by atoms with Crippen LogP contribution in [0, 0.1) is 11.8 Å². The molecule has 0 saturated heterocycles. The molecular formula is C24H37N5O7. The zero-order valence-electron chi connectivity index (χ0n) is 21.0. The van der Waals surface area contributed by atoms with E-state index in [4.69, 9.17) is 11.5 Å². The minimum Gasteiger partial charge on any atom is -0.508 e. The van der Waals surface area contributed by atoms with Gasteiger partial charge in [0.1, 0.15) is 23.9 Å². The normalized spacial score (nSPS) is 15.2. The summed E-state index contributed by atoms with van der Waals surface area (Å²) >= 11 is 0. The van der Waals surface area contributed by atoms with Crippen LogP contribution in [0.4, 0.5) is 0 Å². The van der Waals surface area contributed by atoms with Crippen LogP contribution in [-0.4, -0.2) is 64.0 Å². The second-order valence-electron chi connectivity index (χ2n) is 9.14. The van der Waals surface area contributed by atoms with Crippen LogP contribution in [0.25, 0.3) is 0 Å². The summed E-state index contributed by atoms with van der Waals surface area (Å²) in [5, 5.41) is 26.3. The van der Waals surface area contributed by atoms with Gasteiger partial charge in [-0.3, -0.25) is 19.2 Å². The van der Waals surface area contributed by atoms with E-state index in [0.717, 1.165) is 0 Å². The second kappa shape index (κ2) is 14.0. The Morgan fingerprint density at radius 3 is 1.92 bits per heavy atom. The molecule has 4 amide bonds. The zero-order chi connectivity index (χ0) is 27.6. The fourth-order valence-electron chi connectivity index (χ4n) is 3.27. The number of primary amides is 1. The van der Waals surface area contributed by atoms with Crippen molar-refractivity contribution in [3.63, 3.8) is 0 Å². The summed E-state index contributed by atoms with van der Waals surface area (Å²) in [6.07, 6.45) is -0.170. The molecule has 200 valence electrons. The minimum atomic E-state index is -1.59. The maximum Gasteiger partial charge on any atom is 0.326 e. The first-order chi connectivity index (χ1) is 16.8. The van der Waals surface area contributed by atoms with Crippen molar-refractivity contribution in [2.75, 3.05) is 0 Å². The van der Waals surface area contributed by atoms with E-state index in [1.54, 1.807) is 20.8 Å². The third-order valence-electron chi connectivity index (χ3n) is 5.84. The molecular weight excluding hydrogens is 470 g/mol. The first-order valence-electron chi connectivity index (χ1n) is 11.7. The maximum atomic E-state index is 13.3. The number of phenolic OH excluding ortho intramolecular Hbond substituents is 1. The van der Waals surface area contributed by atoms with Crippen LogP contribution in [0.15, 0.2) is 24.3 Å². The predicted molar refractivity (Wildman–Crippen MR) is 131 cm³/mol. The van der Waals surface area contributed by atoms with Gasteiger partial charge in [0.05, 0.1) is 12.5 Å². The second-order valence-corrected chi connectivity index (χ2v) is 9.14. The van der Waals surface area contributed by atoms with E-state index in [1.807, 2.05) is 6.92 Å². The quantitative estimate of drug-likeness (QED) is 0.172. The highest BCUT2D eigenvalue weighted by Crippen LogP contribution is 2.14. The summed E-state index contributed by atoms with van der Waals surface area (Å²) in [6.45, 7) is 7.13. The van der Waals surface area contributed by atoms with Gasteiger partial charge in [-0.25, -0.2) is 4.79 Å². The summed E-state index contributed by atoms with van der Waals surface area (Å²) in [5.74, 6) is -4.92. The van der Waals surface area contributed by atoms with Crippen molar-refractivity contribution in [3.8, 4) is 5.75 Å². The summed E-state index contributed by atoms with van der Waals surface area (Å²) in [4.78, 5) is 61.6. The molecule has 12 heteroatoms. The van der Waals surface area contributed by atoms with Crippen LogP contribution in [0.1, 0.15) is 46.1 Å². The van der Waals surface area contributed by atoms with Gasteiger partial charge in [-0.1, -0.05) is 46.2 Å². The number of carbonyl (C=O) groups excluding carboxylic acids is 4. The number of carbonyl (C=O) groups is 5. The Kier molecular flexibility index (Phi) is 11.8. The van der Waals surface area contributed by atoms with Crippen molar-refractivity contribution in [2.24, 2.45) is 23.3 Å². The average Bonchev–Trinajstić information content (AvgIpc) is 2.81. The fourth-order valence-corrected chi connectivity index (χ4v) is 3.27. The van der Waals surface area contributed by atoms with E-state index in [-0.39, 0.29) is 24.0 Å². The van der Waals surface area contributed by atoms with Crippen LogP contribution in [-0.2, 0) is 30.4 Å². The lowest BCUT2D eigenvalue weighted by Crippen LogP contribution is -2.59. The van der Waals surface area contributed by atoms with Gasteiger partial charge in [0.15, 0.2) is 0 Å². The molecule has 0 fully saturated rings. The molecule has 0 aliphatic carbocycles. The molecule has 1 aromatic carbocycles. The average molecular weight is 508 g/mol. The van der Waals surface area contributed by atoms with Crippen LogP contribution < -0.4 is 27.4 Å². The summed E-state index contributed by atoms with van der Waals surface area (Å²) in [6, 6.07) is 1.16. The molecule has 12 nitrogen and oxygen atoms in total. The van der Waals surface area contributed by atoms with E-state index in [0.29, 0.717) is 12.0 Å². The van der Waals surface area contributed by atoms with Crippen molar-refractivity contribution in [1.29, 1.82) is 0 Å². The number of hydrogen-bond donors (Lipinski definition) is 7. The molecule has 1 rings (SSSR count). The van der Waals surface area contributed by atoms with Crippen LogP contribution in [0.3, 0.4) is 0 Å². The number of rotatable bonds is 14. The van der Waals surface area contributed by atoms with Gasteiger partial charge in [-0.15, -0.1) is 0 Å². The Morgan fingerprint density at radius 1 is 0.889 bits per heavy atom. The molecule has 5 unspecified atom stereocenters. The molecule has 5 atom stereocenters. The van der Waals surface area contributed by atoms with Gasteiger partial charge < -0.3 is 37.6 Å². The Balaban J connectivity index is 3.21. The van der Waals surface area contributed by atoms with E-state index in [2.05, 4.69) is 16.0 Å². The molecule has 0 saturated carbocycles. The van der Waals surface area contributed by atoms with Crippen molar-refractivity contribution >= 4 is 29.6 Å². The number of nitrogens with one attached hydrogen (secondary N) is 3. The van der Waals surface area contributed by atoms with Gasteiger partial charge in [-0.05, 0) is 29.5 Å². The molecule has 0 heterocycles. The van der Waals surface area contributed by atoms with Crippen LogP contribution >= 0.6 is 0 Å². The smallest absolute Gasteiger partial charge is 0.326 e. The van der Waals surface area contributed by atoms with Crippen molar-refractivity contribution in [3.05, 3.63) is 29.8 Å². The Morgan fingerprint density at radius 2 is 1.44 bits per heavy atom. The molecule has 36 heavy (non-hydrogen) atoms. The largest absolute Gasteiger partial charge is 0.508 e. The van der Waals surface area contributed by atoms with Crippen LogP contribution in [0.2, 0.25) is 0 Å². The van der Waals surface area contributed by atoms with Crippen molar-refractivity contribution in [1.82, 2.24) is 16.0 Å². The molecule has 0 aromatic heterocycles. The van der Waals surface area contributed by atoms with Gasteiger partial charge in [0, 0.05) is 6.42 Å². The third-order valence-corrected chi connectivity index (χ3v) is 5.84. The maximum absolute atomic E-state index is 13.3. The molecule has 0 bridgehead atoms. The highest BCUT2D eigenvalue weighted by molar-refractivity contribution is 5.95. The Hall–Kier alpha value is -3.67. The summed E-state index contributed by atoms with van der Waals surface area (Å²) < 4.78 is 0. The number of nitrogens with two attached hydrogens (primary N) is 2. The number of amides is 4. The Labute approximate surface area is 210 Å². The van der Waals surface area contributed by atoms with E-state index < -0.39 is 60.2 Å². The first-order valence-corrected chi connectivity index (χ1v) is 11.7. The molecule has 0 aliphatic heterocycles. The number of aromatic hydroxyl groups is 1. The van der Waals surface area contributed by atoms with E-state index in [1.165, 1.54) is 24.3 Å². The lowest BCUT2D eigenvalue weighted by atomic mass is 9.96. The number of phenols is 1. The fraction of sp³-hybridized carbons (Fsp3) is 0.542. The Bertz CT molecular complexity index is 935. The summed E-state index contributed by atoms with van der Waals surface area (Å²) in [5.41, 5.74) is 11.6. The standard InChI is InChI=1S/C24H37N5O7/c1-5-13(4)20(29-22(33)19(26)12(2)3)23(34)27-16(10-14-6-8-15(30)9-7-14)21(32)28-17(24(35)36)11-18(25)31/h6-9,12-13,16-17,19-20,30H,5,10-11,26H2,1-4H3,(H2,25,31)(H,27,34)(H,28,32)(H,29,33)(H,35,36). The third kappa shape index (κ3) is 9.53.